The number of amidine groups is 1. The molecule has 0 radical (unpaired) electrons. The number of aliphatic imine (C=N–C) groups is 1. The zero-order valence-corrected chi connectivity index (χ0v) is 12.1. The Kier molecular flexibility index (Phi) is 5.20. The molecule has 0 bridgehead atoms. The number of nitrogens with one attached hydrogen (secondary N) is 1. The highest BCUT2D eigenvalue weighted by Crippen LogP contribution is 2.28. The molecule has 1 rings (SSSR count). The van der Waals surface area contributed by atoms with Crippen molar-refractivity contribution in [1.82, 2.24) is 10.2 Å². The lowest BCUT2D eigenvalue weighted by atomic mass is 9.95. The normalized spacial score (nSPS) is 23.7. The summed E-state index contributed by atoms with van der Waals surface area (Å²) in [6.07, 6.45) is 4.23. The molecule has 0 spiro atoms. The molecule has 0 aromatic rings. The van der Waals surface area contributed by atoms with E-state index in [1.807, 2.05) is 13.1 Å². The van der Waals surface area contributed by atoms with Gasteiger partial charge in [-0.2, -0.15) is 0 Å². The Labute approximate surface area is 111 Å². The predicted octanol–water partition coefficient (Wildman–Crippen LogP) is 3.29. The maximum absolute atomic E-state index is 4.10. The first kappa shape index (κ1) is 14.6. The van der Waals surface area contributed by atoms with Gasteiger partial charge in [0.25, 0.3) is 0 Å². The Morgan fingerprint density at radius 1 is 1.50 bits per heavy atom. The van der Waals surface area contributed by atoms with Gasteiger partial charge in [-0.1, -0.05) is 20.1 Å². The summed E-state index contributed by atoms with van der Waals surface area (Å²) in [6.45, 7) is 15.4. The lowest BCUT2D eigenvalue weighted by Gasteiger charge is -2.34. The predicted molar refractivity (Wildman–Crippen MR) is 79.3 cm³/mol. The highest BCUT2D eigenvalue weighted by molar-refractivity contribution is 5.81. The van der Waals surface area contributed by atoms with Crippen molar-refractivity contribution in [3.05, 3.63) is 36.3 Å². The third-order valence-corrected chi connectivity index (χ3v) is 3.50. The molecule has 1 saturated heterocycles. The molecule has 1 fully saturated rings. The lowest BCUT2D eigenvalue weighted by Crippen LogP contribution is -2.30. The molecule has 1 heterocycles. The number of nitrogens with zero attached hydrogens (tertiary/aromatic N) is 2. The fraction of sp³-hybridized carbons (Fsp3) is 0.533. The largest absolute Gasteiger partial charge is 0.351 e. The number of rotatable bonds is 3. The van der Waals surface area contributed by atoms with Crippen molar-refractivity contribution in [3.63, 3.8) is 0 Å². The van der Waals surface area contributed by atoms with Crippen molar-refractivity contribution in [1.29, 1.82) is 0 Å². The summed E-state index contributed by atoms with van der Waals surface area (Å²) in [5.41, 5.74) is 3.45. The van der Waals surface area contributed by atoms with E-state index < -0.39 is 0 Å². The van der Waals surface area contributed by atoms with Crippen molar-refractivity contribution in [2.75, 3.05) is 13.6 Å². The first-order valence-corrected chi connectivity index (χ1v) is 6.48. The van der Waals surface area contributed by atoms with Gasteiger partial charge < -0.3 is 10.2 Å². The SMILES string of the molecule is C=CN1CC(C)CC/C1=C(/C)C(=C)NC(C)=NC. The number of allylic oxidation sites excluding steroid dienone is 2. The second-order valence-electron chi connectivity index (χ2n) is 4.96. The van der Waals surface area contributed by atoms with Gasteiger partial charge in [0.1, 0.15) is 0 Å². The highest BCUT2D eigenvalue weighted by atomic mass is 15.1. The average Bonchev–Trinajstić information content (AvgIpc) is 2.37. The smallest absolute Gasteiger partial charge is 0.0971 e. The first-order chi connectivity index (χ1) is 8.49. The van der Waals surface area contributed by atoms with Crippen LogP contribution in [0.4, 0.5) is 0 Å². The summed E-state index contributed by atoms with van der Waals surface area (Å²) in [6, 6.07) is 0. The molecule has 18 heavy (non-hydrogen) atoms. The second kappa shape index (κ2) is 6.43. The molecule has 0 aromatic heterocycles. The molecule has 1 N–H and O–H groups in total. The Balaban J connectivity index is 2.89. The molecule has 0 aliphatic carbocycles. The maximum atomic E-state index is 4.10. The molecule has 3 heteroatoms. The van der Waals surface area contributed by atoms with E-state index in [9.17, 15) is 0 Å². The number of hydrogen-bond acceptors (Lipinski definition) is 2. The highest BCUT2D eigenvalue weighted by Gasteiger charge is 2.20. The zero-order valence-electron chi connectivity index (χ0n) is 12.1. The van der Waals surface area contributed by atoms with E-state index in [4.69, 9.17) is 0 Å². The minimum Gasteiger partial charge on any atom is -0.351 e. The van der Waals surface area contributed by atoms with Crippen molar-refractivity contribution in [2.24, 2.45) is 10.9 Å². The molecule has 1 aliphatic rings. The minimum absolute atomic E-state index is 0.722. The summed E-state index contributed by atoms with van der Waals surface area (Å²) >= 11 is 0. The van der Waals surface area contributed by atoms with Gasteiger partial charge in [-0.05, 0) is 44.4 Å². The van der Waals surface area contributed by atoms with Crippen LogP contribution in [0.3, 0.4) is 0 Å². The topological polar surface area (TPSA) is 27.6 Å². The summed E-state index contributed by atoms with van der Waals surface area (Å²) in [4.78, 5) is 6.34. The summed E-state index contributed by atoms with van der Waals surface area (Å²) < 4.78 is 0. The van der Waals surface area contributed by atoms with Gasteiger partial charge in [-0.15, -0.1) is 0 Å². The summed E-state index contributed by atoms with van der Waals surface area (Å²) in [5.74, 6) is 1.61. The van der Waals surface area contributed by atoms with Crippen LogP contribution >= 0.6 is 0 Å². The third-order valence-electron chi connectivity index (χ3n) is 3.50. The van der Waals surface area contributed by atoms with E-state index in [0.717, 1.165) is 30.4 Å². The number of likely N-dealkylation sites (tertiary alicyclic amines) is 1. The summed E-state index contributed by atoms with van der Waals surface area (Å²) in [7, 11) is 1.77. The van der Waals surface area contributed by atoms with Crippen LogP contribution in [0.25, 0.3) is 0 Å². The van der Waals surface area contributed by atoms with Crippen LogP contribution in [0.5, 0.6) is 0 Å². The van der Waals surface area contributed by atoms with Gasteiger partial charge in [0.2, 0.25) is 0 Å². The molecule has 0 aromatic carbocycles. The number of piperidine rings is 1. The van der Waals surface area contributed by atoms with Gasteiger partial charge in [0.15, 0.2) is 0 Å². The Bertz CT molecular complexity index is 391. The lowest BCUT2D eigenvalue weighted by molar-refractivity contribution is 0.301. The monoisotopic (exact) mass is 247 g/mol. The van der Waals surface area contributed by atoms with Crippen LogP contribution in [-0.4, -0.2) is 24.3 Å². The average molecular weight is 247 g/mol. The van der Waals surface area contributed by atoms with E-state index in [2.05, 4.69) is 42.2 Å². The Morgan fingerprint density at radius 2 is 2.17 bits per heavy atom. The van der Waals surface area contributed by atoms with Crippen LogP contribution < -0.4 is 5.32 Å². The maximum Gasteiger partial charge on any atom is 0.0971 e. The van der Waals surface area contributed by atoms with Crippen molar-refractivity contribution >= 4 is 5.84 Å². The molecule has 1 unspecified atom stereocenters. The van der Waals surface area contributed by atoms with E-state index >= 15 is 0 Å². The van der Waals surface area contributed by atoms with Gasteiger partial charge in [0.05, 0.1) is 5.84 Å². The van der Waals surface area contributed by atoms with Crippen molar-refractivity contribution in [3.8, 4) is 0 Å². The van der Waals surface area contributed by atoms with Gasteiger partial charge in [-0.3, -0.25) is 4.99 Å². The fourth-order valence-electron chi connectivity index (χ4n) is 2.19. The van der Waals surface area contributed by atoms with Crippen LogP contribution in [0.15, 0.2) is 41.3 Å². The third kappa shape index (κ3) is 3.49. The van der Waals surface area contributed by atoms with Gasteiger partial charge in [0, 0.05) is 25.0 Å². The molecular weight excluding hydrogens is 222 g/mol. The van der Waals surface area contributed by atoms with Crippen LogP contribution in [-0.2, 0) is 0 Å². The molecule has 1 atom stereocenters. The van der Waals surface area contributed by atoms with Crippen LogP contribution in [0.2, 0.25) is 0 Å². The van der Waals surface area contributed by atoms with Crippen LogP contribution in [0.1, 0.15) is 33.6 Å². The van der Waals surface area contributed by atoms with Gasteiger partial charge in [-0.25, -0.2) is 0 Å². The van der Waals surface area contributed by atoms with Gasteiger partial charge >= 0.3 is 0 Å². The van der Waals surface area contributed by atoms with E-state index in [0.29, 0.717) is 0 Å². The fourth-order valence-corrected chi connectivity index (χ4v) is 2.19. The van der Waals surface area contributed by atoms with E-state index in [-0.39, 0.29) is 0 Å². The standard InChI is InChI=1S/C15H25N3/c1-7-18-10-11(2)8-9-15(18)12(3)13(4)17-14(5)16-6/h7,11H,1,4,8-10H2,2-3,5-6H3,(H,16,17)/b15-12+. The Morgan fingerprint density at radius 3 is 2.72 bits per heavy atom. The molecule has 100 valence electrons. The van der Waals surface area contributed by atoms with E-state index in [1.54, 1.807) is 7.05 Å². The Hall–Kier alpha value is -1.51. The quantitative estimate of drug-likeness (QED) is 0.612. The summed E-state index contributed by atoms with van der Waals surface area (Å²) in [5, 5.41) is 3.22. The first-order valence-electron chi connectivity index (χ1n) is 6.48. The second-order valence-corrected chi connectivity index (χ2v) is 4.96. The van der Waals surface area contributed by atoms with Crippen LogP contribution in [0, 0.1) is 5.92 Å². The van der Waals surface area contributed by atoms with E-state index in [1.165, 1.54) is 17.7 Å². The molecular formula is C15H25N3. The zero-order chi connectivity index (χ0) is 13.7. The molecule has 0 saturated carbocycles. The molecule has 0 amide bonds. The number of hydrogen-bond donors (Lipinski definition) is 1. The minimum atomic E-state index is 0.722. The van der Waals surface area contributed by atoms with Crippen molar-refractivity contribution < 1.29 is 0 Å². The van der Waals surface area contributed by atoms with Crippen molar-refractivity contribution in [2.45, 2.75) is 33.6 Å². The molecule has 1 aliphatic heterocycles. The molecule has 3 nitrogen and oxygen atoms in total.